The first-order chi connectivity index (χ1) is 10.7. The second kappa shape index (κ2) is 6.57. The minimum atomic E-state index is -4.57. The number of alkyl halides is 3. The Morgan fingerprint density at radius 3 is 2.13 bits per heavy atom. The Kier molecular flexibility index (Phi) is 5.10. The molecule has 1 N–H and O–H groups in total. The molecule has 130 valence electrons. The number of halogens is 3. The van der Waals surface area contributed by atoms with Crippen LogP contribution in [0.1, 0.15) is 24.0 Å². The van der Waals surface area contributed by atoms with Crippen LogP contribution >= 0.6 is 0 Å². The van der Waals surface area contributed by atoms with E-state index in [2.05, 4.69) is 0 Å². The summed E-state index contributed by atoms with van der Waals surface area (Å²) < 4.78 is 49.0. The molecule has 1 fully saturated rings. The molecule has 4 nitrogen and oxygen atoms in total. The van der Waals surface area contributed by atoms with Crippen molar-refractivity contribution in [2.24, 2.45) is 0 Å². The molecule has 0 aromatic heterocycles. The highest BCUT2D eigenvalue weighted by Gasteiger charge is 2.54. The van der Waals surface area contributed by atoms with Gasteiger partial charge in [0.15, 0.2) is 17.1 Å². The number of rotatable bonds is 4. The predicted octanol–water partition coefficient (Wildman–Crippen LogP) is 2.90. The summed E-state index contributed by atoms with van der Waals surface area (Å²) in [5.74, 6) is 1.22. The molecule has 0 amide bonds. The smallest absolute Gasteiger partial charge is 0.417 e. The summed E-state index contributed by atoms with van der Waals surface area (Å²) in [5.41, 5.74) is -0.602. The van der Waals surface area contributed by atoms with Crippen LogP contribution in [0.3, 0.4) is 0 Å². The number of aryl methyl sites for hydroxylation is 1. The predicted molar refractivity (Wildman–Crippen MR) is 79.8 cm³/mol. The van der Waals surface area contributed by atoms with Gasteiger partial charge >= 0.3 is 6.18 Å². The van der Waals surface area contributed by atoms with Crippen LogP contribution in [-0.4, -0.2) is 49.1 Å². The van der Waals surface area contributed by atoms with Crippen LogP contribution in [0, 0.1) is 6.92 Å². The van der Waals surface area contributed by atoms with E-state index in [0.29, 0.717) is 18.0 Å². The van der Waals surface area contributed by atoms with Crippen molar-refractivity contribution >= 4 is 0 Å². The van der Waals surface area contributed by atoms with Gasteiger partial charge in [-0.15, -0.1) is 0 Å². The summed E-state index contributed by atoms with van der Waals surface area (Å²) in [6.45, 7) is 2.83. The third-order valence-electron chi connectivity index (χ3n) is 4.45. The number of hydrogen-bond acceptors (Lipinski definition) is 4. The summed E-state index contributed by atoms with van der Waals surface area (Å²) in [6.07, 6.45) is -5.18. The van der Waals surface area contributed by atoms with E-state index in [1.54, 1.807) is 14.2 Å². The average Bonchev–Trinajstić information content (AvgIpc) is 2.50. The summed E-state index contributed by atoms with van der Waals surface area (Å²) in [7, 11) is 3.10. The van der Waals surface area contributed by atoms with E-state index in [4.69, 9.17) is 9.47 Å². The summed E-state index contributed by atoms with van der Waals surface area (Å²) in [6, 6.07) is 3.70. The zero-order valence-corrected chi connectivity index (χ0v) is 13.5. The number of benzene rings is 1. The van der Waals surface area contributed by atoms with E-state index < -0.39 is 11.8 Å². The van der Waals surface area contributed by atoms with Gasteiger partial charge in [0.25, 0.3) is 0 Å². The number of ether oxygens (including phenoxy) is 2. The van der Waals surface area contributed by atoms with E-state index in [1.807, 2.05) is 24.0 Å². The fourth-order valence-electron chi connectivity index (χ4n) is 2.80. The normalized spacial score (nSPS) is 18.7. The van der Waals surface area contributed by atoms with Gasteiger partial charge in [-0.05, 0) is 43.0 Å². The number of nitrogens with zero attached hydrogens (tertiary/aromatic N) is 1. The van der Waals surface area contributed by atoms with E-state index in [1.165, 1.54) is 0 Å². The van der Waals surface area contributed by atoms with Crippen LogP contribution in [-0.2, 0) is 6.54 Å². The molecule has 1 aliphatic heterocycles. The van der Waals surface area contributed by atoms with Crippen molar-refractivity contribution in [2.45, 2.75) is 38.1 Å². The van der Waals surface area contributed by atoms with Crippen LogP contribution in [0.2, 0.25) is 0 Å². The topological polar surface area (TPSA) is 41.9 Å². The minimum Gasteiger partial charge on any atom is -0.493 e. The first kappa shape index (κ1) is 17.9. The summed E-state index contributed by atoms with van der Waals surface area (Å²) >= 11 is 0. The fraction of sp³-hybridized carbons (Fsp3) is 0.625. The third kappa shape index (κ3) is 3.72. The van der Waals surface area contributed by atoms with Gasteiger partial charge < -0.3 is 14.6 Å². The molecule has 0 aliphatic carbocycles. The van der Waals surface area contributed by atoms with Gasteiger partial charge in [0.05, 0.1) is 14.2 Å². The van der Waals surface area contributed by atoms with E-state index in [-0.39, 0.29) is 25.9 Å². The van der Waals surface area contributed by atoms with Crippen molar-refractivity contribution in [3.8, 4) is 11.5 Å². The van der Waals surface area contributed by atoms with Gasteiger partial charge in [0, 0.05) is 19.6 Å². The summed E-state index contributed by atoms with van der Waals surface area (Å²) in [4.78, 5) is 1.91. The number of piperidine rings is 1. The molecule has 23 heavy (non-hydrogen) atoms. The second-order valence-corrected chi connectivity index (χ2v) is 5.94. The maximum absolute atomic E-state index is 12.8. The van der Waals surface area contributed by atoms with Crippen LogP contribution in [0.15, 0.2) is 12.1 Å². The monoisotopic (exact) mass is 333 g/mol. The van der Waals surface area contributed by atoms with E-state index in [9.17, 15) is 18.3 Å². The average molecular weight is 333 g/mol. The number of hydrogen-bond donors (Lipinski definition) is 1. The Hall–Kier alpha value is -1.47. The quantitative estimate of drug-likeness (QED) is 0.920. The lowest BCUT2D eigenvalue weighted by Gasteiger charge is -2.39. The van der Waals surface area contributed by atoms with Gasteiger partial charge in [0.1, 0.15) is 0 Å². The van der Waals surface area contributed by atoms with Crippen LogP contribution in [0.4, 0.5) is 13.2 Å². The second-order valence-electron chi connectivity index (χ2n) is 5.94. The molecule has 2 rings (SSSR count). The molecular formula is C16H22F3NO3. The molecule has 0 unspecified atom stereocenters. The SMILES string of the molecule is COc1cc(C)c(CN2CCC(O)(C(F)(F)F)CC2)cc1OC. The minimum absolute atomic E-state index is 0.198. The lowest BCUT2D eigenvalue weighted by molar-refractivity contribution is -0.272. The molecule has 7 heteroatoms. The highest BCUT2D eigenvalue weighted by Crippen LogP contribution is 2.39. The van der Waals surface area contributed by atoms with Crippen molar-refractivity contribution < 1.29 is 27.8 Å². The van der Waals surface area contributed by atoms with Gasteiger partial charge in [0.2, 0.25) is 0 Å². The van der Waals surface area contributed by atoms with Gasteiger partial charge in [-0.2, -0.15) is 13.2 Å². The molecular weight excluding hydrogens is 311 g/mol. The first-order valence-electron chi connectivity index (χ1n) is 7.43. The molecule has 0 saturated carbocycles. The highest BCUT2D eigenvalue weighted by atomic mass is 19.4. The Labute approximate surface area is 133 Å². The lowest BCUT2D eigenvalue weighted by atomic mass is 9.90. The van der Waals surface area contributed by atoms with E-state index >= 15 is 0 Å². The fourth-order valence-corrected chi connectivity index (χ4v) is 2.80. The Morgan fingerprint density at radius 1 is 1.13 bits per heavy atom. The van der Waals surface area contributed by atoms with Crippen molar-refractivity contribution in [3.63, 3.8) is 0 Å². The Bertz CT molecular complexity index is 552. The number of aliphatic hydroxyl groups is 1. The maximum Gasteiger partial charge on any atom is 0.417 e. The van der Waals surface area contributed by atoms with Gasteiger partial charge in [-0.1, -0.05) is 0 Å². The van der Waals surface area contributed by atoms with Crippen molar-refractivity contribution in [1.82, 2.24) is 4.90 Å². The van der Waals surface area contributed by atoms with Crippen LogP contribution in [0.25, 0.3) is 0 Å². The molecule has 1 heterocycles. The van der Waals surface area contributed by atoms with Crippen molar-refractivity contribution in [2.75, 3.05) is 27.3 Å². The van der Waals surface area contributed by atoms with Crippen LogP contribution < -0.4 is 9.47 Å². The Balaban J connectivity index is 2.07. The molecule has 1 saturated heterocycles. The zero-order valence-electron chi connectivity index (χ0n) is 13.5. The first-order valence-corrected chi connectivity index (χ1v) is 7.43. The van der Waals surface area contributed by atoms with Gasteiger partial charge in [-0.3, -0.25) is 4.90 Å². The molecule has 0 bridgehead atoms. The van der Waals surface area contributed by atoms with Crippen molar-refractivity contribution in [3.05, 3.63) is 23.3 Å². The standard InChI is InChI=1S/C16H22F3NO3/c1-11-8-13(22-2)14(23-3)9-12(11)10-20-6-4-15(21,5-7-20)16(17,18)19/h8-9,21H,4-7,10H2,1-3H3. The largest absolute Gasteiger partial charge is 0.493 e. The maximum atomic E-state index is 12.8. The number of methoxy groups -OCH3 is 2. The molecule has 1 aliphatic rings. The summed E-state index contributed by atoms with van der Waals surface area (Å²) in [5, 5.41) is 9.71. The van der Waals surface area contributed by atoms with E-state index in [0.717, 1.165) is 11.1 Å². The van der Waals surface area contributed by atoms with Crippen molar-refractivity contribution in [1.29, 1.82) is 0 Å². The zero-order chi connectivity index (χ0) is 17.3. The van der Waals surface area contributed by atoms with Gasteiger partial charge in [-0.25, -0.2) is 0 Å². The molecule has 1 aromatic carbocycles. The third-order valence-corrected chi connectivity index (χ3v) is 4.45. The molecule has 0 spiro atoms. The molecule has 0 radical (unpaired) electrons. The Morgan fingerprint density at radius 2 is 1.65 bits per heavy atom. The number of likely N-dealkylation sites (tertiary alicyclic amines) is 1. The van der Waals surface area contributed by atoms with Crippen LogP contribution in [0.5, 0.6) is 11.5 Å². The molecule has 1 aromatic rings. The lowest BCUT2D eigenvalue weighted by Crippen LogP contribution is -2.53. The highest BCUT2D eigenvalue weighted by molar-refractivity contribution is 5.47. The molecule has 0 atom stereocenters.